The molecule has 128 valence electrons. The fraction of sp³-hybridized carbons (Fsp3) is 0.467. The van der Waals surface area contributed by atoms with Crippen molar-refractivity contribution in [2.45, 2.75) is 12.8 Å². The van der Waals surface area contributed by atoms with Crippen molar-refractivity contribution in [1.29, 1.82) is 0 Å². The van der Waals surface area contributed by atoms with Crippen LogP contribution in [0.25, 0.3) is 11.2 Å². The third-order valence-corrected chi connectivity index (χ3v) is 4.10. The minimum absolute atomic E-state index is 0.294. The minimum Gasteiger partial charge on any atom is -0.453 e. The number of piperidine rings is 1. The number of methoxy groups -OCH3 is 1. The van der Waals surface area contributed by atoms with Gasteiger partial charge in [0.25, 0.3) is 0 Å². The molecule has 0 spiro atoms. The number of hydrogen-bond donors (Lipinski definition) is 3. The number of urea groups is 1. The van der Waals surface area contributed by atoms with Gasteiger partial charge in [-0.25, -0.2) is 19.6 Å². The molecule has 1 aliphatic rings. The number of hydrogen-bond acceptors (Lipinski definition) is 5. The lowest BCUT2D eigenvalue weighted by molar-refractivity contribution is 0.106. The van der Waals surface area contributed by atoms with Gasteiger partial charge in [-0.2, -0.15) is 0 Å². The van der Waals surface area contributed by atoms with Gasteiger partial charge < -0.3 is 19.9 Å². The van der Waals surface area contributed by atoms with Gasteiger partial charge in [-0.3, -0.25) is 5.32 Å². The first kappa shape index (κ1) is 16.0. The van der Waals surface area contributed by atoms with E-state index in [4.69, 9.17) is 4.74 Å². The second-order valence-electron chi connectivity index (χ2n) is 5.70. The summed E-state index contributed by atoms with van der Waals surface area (Å²) in [6.45, 7) is 1.85. The molecule has 2 aromatic rings. The zero-order chi connectivity index (χ0) is 16.9. The van der Waals surface area contributed by atoms with E-state index in [9.17, 15) is 9.59 Å². The molecular weight excluding hydrogens is 312 g/mol. The van der Waals surface area contributed by atoms with Crippen molar-refractivity contribution in [3.8, 4) is 0 Å². The average molecular weight is 332 g/mol. The van der Waals surface area contributed by atoms with Gasteiger partial charge in [0.05, 0.1) is 13.3 Å². The Kier molecular flexibility index (Phi) is 4.78. The van der Waals surface area contributed by atoms with Gasteiger partial charge in [-0.15, -0.1) is 0 Å². The first-order valence-corrected chi connectivity index (χ1v) is 7.83. The van der Waals surface area contributed by atoms with Gasteiger partial charge in [-0.1, -0.05) is 0 Å². The zero-order valence-electron chi connectivity index (χ0n) is 13.4. The molecule has 3 rings (SSSR count). The summed E-state index contributed by atoms with van der Waals surface area (Å²) in [6.07, 6.45) is 4.63. The molecular formula is C15H20N6O3. The molecule has 9 heteroatoms. The Morgan fingerprint density at radius 2 is 2.21 bits per heavy atom. The molecule has 3 N–H and O–H groups in total. The molecule has 0 bridgehead atoms. The topological polar surface area (TPSA) is 112 Å². The molecule has 1 fully saturated rings. The van der Waals surface area contributed by atoms with Crippen molar-refractivity contribution in [1.82, 2.24) is 25.2 Å². The summed E-state index contributed by atoms with van der Waals surface area (Å²) in [5.41, 5.74) is 1.38. The molecule has 1 saturated heterocycles. The predicted octanol–water partition coefficient (Wildman–Crippen LogP) is 1.56. The van der Waals surface area contributed by atoms with Gasteiger partial charge in [0, 0.05) is 25.8 Å². The second-order valence-corrected chi connectivity index (χ2v) is 5.70. The Morgan fingerprint density at radius 1 is 1.42 bits per heavy atom. The van der Waals surface area contributed by atoms with Crippen LogP contribution in [0, 0.1) is 5.92 Å². The maximum atomic E-state index is 12.0. The highest BCUT2D eigenvalue weighted by Crippen LogP contribution is 2.17. The standard InChI is InChI=1S/C15H20N6O3/c1-24-15(23)21-6-3-10(4-7-21)8-18-14(22)20-12-9-17-13-11(19-12)2-5-16-13/h2,5,9-10H,3-4,6-8H2,1H3,(H,16,17)(H2,18,19,20,22). The Labute approximate surface area is 138 Å². The van der Waals surface area contributed by atoms with Crippen molar-refractivity contribution in [2.24, 2.45) is 5.92 Å². The molecule has 0 saturated carbocycles. The van der Waals surface area contributed by atoms with Crippen LogP contribution in [-0.4, -0.2) is 58.7 Å². The molecule has 2 aromatic heterocycles. The number of likely N-dealkylation sites (tertiary alicyclic amines) is 1. The van der Waals surface area contributed by atoms with Crippen molar-refractivity contribution < 1.29 is 14.3 Å². The Morgan fingerprint density at radius 3 is 2.96 bits per heavy atom. The third kappa shape index (κ3) is 3.73. The molecule has 0 radical (unpaired) electrons. The lowest BCUT2D eigenvalue weighted by atomic mass is 9.97. The summed E-state index contributed by atoms with van der Waals surface area (Å²) in [4.78, 5) is 36.5. The van der Waals surface area contributed by atoms with E-state index in [0.29, 0.717) is 42.5 Å². The normalized spacial score (nSPS) is 15.3. The van der Waals surface area contributed by atoms with E-state index in [1.807, 2.05) is 0 Å². The van der Waals surface area contributed by atoms with E-state index in [1.165, 1.54) is 13.3 Å². The number of nitrogens with one attached hydrogen (secondary N) is 3. The second kappa shape index (κ2) is 7.16. The maximum absolute atomic E-state index is 12.0. The van der Waals surface area contributed by atoms with Crippen LogP contribution < -0.4 is 10.6 Å². The van der Waals surface area contributed by atoms with E-state index >= 15 is 0 Å². The summed E-state index contributed by atoms with van der Waals surface area (Å²) >= 11 is 0. The van der Waals surface area contributed by atoms with Gasteiger partial charge >= 0.3 is 12.1 Å². The molecule has 3 amide bonds. The number of fused-ring (bicyclic) bond motifs is 1. The van der Waals surface area contributed by atoms with Crippen LogP contribution >= 0.6 is 0 Å². The molecule has 0 atom stereocenters. The van der Waals surface area contributed by atoms with Crippen molar-refractivity contribution in [2.75, 3.05) is 32.1 Å². The quantitative estimate of drug-likeness (QED) is 0.789. The fourth-order valence-electron chi connectivity index (χ4n) is 2.74. The summed E-state index contributed by atoms with van der Waals surface area (Å²) in [5.74, 6) is 0.745. The van der Waals surface area contributed by atoms with Gasteiger partial charge in [0.2, 0.25) is 0 Å². The van der Waals surface area contributed by atoms with Crippen LogP contribution in [0.5, 0.6) is 0 Å². The smallest absolute Gasteiger partial charge is 0.409 e. The van der Waals surface area contributed by atoms with Crippen LogP contribution in [0.2, 0.25) is 0 Å². The average Bonchev–Trinajstić information content (AvgIpc) is 3.07. The summed E-state index contributed by atoms with van der Waals surface area (Å²) in [6, 6.07) is 1.48. The Hall–Kier alpha value is -2.84. The largest absolute Gasteiger partial charge is 0.453 e. The highest BCUT2D eigenvalue weighted by Gasteiger charge is 2.23. The van der Waals surface area contributed by atoms with Gasteiger partial charge in [0.15, 0.2) is 11.5 Å². The number of anilines is 1. The summed E-state index contributed by atoms with van der Waals surface area (Å²) in [5, 5.41) is 5.52. The molecule has 0 aromatic carbocycles. The SMILES string of the molecule is COC(=O)N1CCC(CNC(=O)Nc2cnc3[nH]ccc3n2)CC1. The first-order chi connectivity index (χ1) is 11.7. The summed E-state index contributed by atoms with van der Waals surface area (Å²) < 4.78 is 4.71. The number of aromatic nitrogens is 3. The molecule has 0 unspecified atom stereocenters. The Balaban J connectivity index is 1.43. The minimum atomic E-state index is -0.311. The number of nitrogens with zero attached hydrogens (tertiary/aromatic N) is 3. The van der Waals surface area contributed by atoms with Crippen LogP contribution in [0.15, 0.2) is 18.5 Å². The number of carbonyl (C=O) groups is 2. The number of ether oxygens (including phenoxy) is 1. The molecule has 24 heavy (non-hydrogen) atoms. The number of H-pyrrole nitrogens is 1. The van der Waals surface area contributed by atoms with Crippen LogP contribution in [-0.2, 0) is 4.74 Å². The number of rotatable bonds is 3. The van der Waals surface area contributed by atoms with Crippen molar-refractivity contribution >= 4 is 29.1 Å². The van der Waals surface area contributed by atoms with E-state index in [0.717, 1.165) is 12.8 Å². The monoisotopic (exact) mass is 332 g/mol. The molecule has 1 aliphatic heterocycles. The fourth-order valence-corrected chi connectivity index (χ4v) is 2.74. The van der Waals surface area contributed by atoms with E-state index in [-0.39, 0.29) is 12.1 Å². The van der Waals surface area contributed by atoms with Gasteiger partial charge in [0.1, 0.15) is 5.52 Å². The van der Waals surface area contributed by atoms with Crippen molar-refractivity contribution in [3.05, 3.63) is 18.5 Å². The highest BCUT2D eigenvalue weighted by atomic mass is 16.5. The number of amides is 3. The Bertz CT molecular complexity index is 723. The summed E-state index contributed by atoms with van der Waals surface area (Å²) in [7, 11) is 1.38. The van der Waals surface area contributed by atoms with Crippen LogP contribution in [0.3, 0.4) is 0 Å². The van der Waals surface area contributed by atoms with E-state index in [1.54, 1.807) is 17.2 Å². The van der Waals surface area contributed by atoms with Crippen LogP contribution in [0.1, 0.15) is 12.8 Å². The van der Waals surface area contributed by atoms with E-state index < -0.39 is 0 Å². The predicted molar refractivity (Wildman–Crippen MR) is 87.6 cm³/mol. The number of carbonyl (C=O) groups excluding carboxylic acids is 2. The van der Waals surface area contributed by atoms with Gasteiger partial charge in [-0.05, 0) is 24.8 Å². The third-order valence-electron chi connectivity index (χ3n) is 4.10. The lowest BCUT2D eigenvalue weighted by Gasteiger charge is -2.30. The van der Waals surface area contributed by atoms with Crippen molar-refractivity contribution in [3.63, 3.8) is 0 Å². The molecule has 9 nitrogen and oxygen atoms in total. The first-order valence-electron chi connectivity index (χ1n) is 7.83. The molecule has 3 heterocycles. The highest BCUT2D eigenvalue weighted by molar-refractivity contribution is 5.89. The zero-order valence-corrected chi connectivity index (χ0v) is 13.4. The molecule has 0 aliphatic carbocycles. The van der Waals surface area contributed by atoms with Crippen LogP contribution in [0.4, 0.5) is 15.4 Å². The maximum Gasteiger partial charge on any atom is 0.409 e. The lowest BCUT2D eigenvalue weighted by Crippen LogP contribution is -2.42. The number of aromatic amines is 1. The van der Waals surface area contributed by atoms with E-state index in [2.05, 4.69) is 25.6 Å².